The van der Waals surface area contributed by atoms with Crippen LogP contribution in [-0.4, -0.2) is 20.4 Å². The molecule has 0 radical (unpaired) electrons. The van der Waals surface area contributed by atoms with Crippen LogP contribution in [0.5, 0.6) is 0 Å². The van der Waals surface area contributed by atoms with Crippen molar-refractivity contribution in [1.82, 2.24) is 14.3 Å². The monoisotopic (exact) mass is 266 g/mol. The zero-order valence-electron chi connectivity index (χ0n) is 11.7. The van der Waals surface area contributed by atoms with E-state index in [1.807, 2.05) is 0 Å². The number of hydrogen-bond acceptors (Lipinski definition) is 4. The lowest BCUT2D eigenvalue weighted by atomic mass is 9.97. The minimum Gasteiger partial charge on any atom is -0.361 e. The quantitative estimate of drug-likeness (QED) is 0.867. The molecule has 0 spiro atoms. The third-order valence-corrected chi connectivity index (χ3v) is 3.77. The summed E-state index contributed by atoms with van der Waals surface area (Å²) in [4.78, 5) is 23.6. The Kier molecular flexibility index (Phi) is 4.39. The molecule has 0 saturated heterocycles. The van der Waals surface area contributed by atoms with Crippen LogP contribution in [0.25, 0.3) is 0 Å². The number of aryl methyl sites for hydroxylation is 1. The maximum atomic E-state index is 12.0. The Morgan fingerprint density at radius 1 is 1.05 bits per heavy atom. The van der Waals surface area contributed by atoms with Gasteiger partial charge in [-0.05, 0) is 12.8 Å². The zero-order valence-corrected chi connectivity index (χ0v) is 11.7. The van der Waals surface area contributed by atoms with Crippen LogP contribution >= 0.6 is 0 Å². The highest BCUT2D eigenvalue weighted by Gasteiger charge is 2.15. The zero-order chi connectivity index (χ0) is 13.8. The lowest BCUT2D eigenvalue weighted by Crippen LogP contribution is -2.41. The van der Waals surface area contributed by atoms with E-state index in [0.29, 0.717) is 0 Å². The van der Waals surface area contributed by atoms with E-state index in [1.165, 1.54) is 43.8 Å². The fraction of sp³-hybridized carbons (Fsp3) is 0.769. The molecule has 0 aliphatic heterocycles. The van der Waals surface area contributed by atoms with Gasteiger partial charge in [-0.15, -0.1) is 5.10 Å². The Morgan fingerprint density at radius 3 is 2.26 bits per heavy atom. The summed E-state index contributed by atoms with van der Waals surface area (Å²) in [6.45, 7) is 0. The van der Waals surface area contributed by atoms with Crippen LogP contribution in [0.15, 0.2) is 9.59 Å². The first-order valence-electron chi connectivity index (χ1n) is 7.00. The van der Waals surface area contributed by atoms with E-state index in [0.717, 1.165) is 17.4 Å². The number of anilines is 1. The predicted molar refractivity (Wildman–Crippen MR) is 74.4 cm³/mol. The van der Waals surface area contributed by atoms with Gasteiger partial charge < -0.3 is 5.32 Å². The number of hydrogen-bond donors (Lipinski definition) is 1. The smallest absolute Gasteiger partial charge is 0.346 e. The van der Waals surface area contributed by atoms with E-state index in [1.54, 1.807) is 7.05 Å². The Labute approximate surface area is 112 Å². The highest BCUT2D eigenvalue weighted by molar-refractivity contribution is 5.31. The van der Waals surface area contributed by atoms with Gasteiger partial charge in [-0.1, -0.05) is 32.1 Å². The maximum Gasteiger partial charge on any atom is 0.346 e. The SMILES string of the molecule is Cn1nc(NC2CCCCCCC2)c(=O)n(C)c1=O. The summed E-state index contributed by atoms with van der Waals surface area (Å²) >= 11 is 0. The molecule has 2 rings (SSSR count). The van der Waals surface area contributed by atoms with Gasteiger partial charge in [0.1, 0.15) is 0 Å². The second-order valence-corrected chi connectivity index (χ2v) is 5.31. The van der Waals surface area contributed by atoms with Crippen LogP contribution in [0.3, 0.4) is 0 Å². The molecular formula is C13H22N4O2. The van der Waals surface area contributed by atoms with Crippen LogP contribution in [0.1, 0.15) is 44.9 Å². The summed E-state index contributed by atoms with van der Waals surface area (Å²) in [5.74, 6) is 0.287. The Bertz CT molecular complexity index is 539. The number of rotatable bonds is 2. The van der Waals surface area contributed by atoms with Gasteiger partial charge in [0.15, 0.2) is 0 Å². The summed E-state index contributed by atoms with van der Waals surface area (Å²) in [7, 11) is 3.04. The highest BCUT2D eigenvalue weighted by Crippen LogP contribution is 2.18. The van der Waals surface area contributed by atoms with Gasteiger partial charge in [0.25, 0.3) is 5.56 Å². The maximum absolute atomic E-state index is 12.0. The molecule has 1 aliphatic rings. The van der Waals surface area contributed by atoms with Crippen molar-refractivity contribution in [1.29, 1.82) is 0 Å². The first-order chi connectivity index (χ1) is 9.09. The fourth-order valence-electron chi connectivity index (χ4n) is 2.58. The molecule has 1 N–H and O–H groups in total. The molecule has 1 aromatic rings. The van der Waals surface area contributed by atoms with Crippen molar-refractivity contribution in [2.24, 2.45) is 14.1 Å². The number of aromatic nitrogens is 3. The van der Waals surface area contributed by atoms with Crippen molar-refractivity contribution in [2.45, 2.75) is 51.0 Å². The van der Waals surface area contributed by atoms with Crippen LogP contribution in [0.4, 0.5) is 5.82 Å². The van der Waals surface area contributed by atoms with Crippen molar-refractivity contribution < 1.29 is 0 Å². The van der Waals surface area contributed by atoms with Gasteiger partial charge in [-0.2, -0.15) is 0 Å². The molecule has 0 amide bonds. The normalized spacial score (nSPS) is 17.8. The van der Waals surface area contributed by atoms with E-state index >= 15 is 0 Å². The number of nitrogens with one attached hydrogen (secondary N) is 1. The van der Waals surface area contributed by atoms with E-state index in [9.17, 15) is 9.59 Å². The van der Waals surface area contributed by atoms with E-state index in [2.05, 4.69) is 10.4 Å². The predicted octanol–water partition coefficient (Wildman–Crippen LogP) is 1.00. The number of nitrogens with zero attached hydrogens (tertiary/aromatic N) is 3. The lowest BCUT2D eigenvalue weighted by molar-refractivity contribution is 0.468. The van der Waals surface area contributed by atoms with Crippen molar-refractivity contribution in [3.63, 3.8) is 0 Å². The molecule has 1 aliphatic carbocycles. The lowest BCUT2D eigenvalue weighted by Gasteiger charge is -2.21. The van der Waals surface area contributed by atoms with E-state index < -0.39 is 5.69 Å². The summed E-state index contributed by atoms with van der Waals surface area (Å²) in [5.41, 5.74) is -0.738. The first kappa shape index (κ1) is 13.8. The van der Waals surface area contributed by atoms with Gasteiger partial charge in [0.2, 0.25) is 5.82 Å². The molecule has 0 atom stereocenters. The minimum absolute atomic E-state index is 0.287. The fourth-order valence-corrected chi connectivity index (χ4v) is 2.58. The molecule has 6 heteroatoms. The van der Waals surface area contributed by atoms with Crippen LogP contribution in [-0.2, 0) is 14.1 Å². The average Bonchev–Trinajstić information content (AvgIpc) is 2.36. The van der Waals surface area contributed by atoms with Crippen molar-refractivity contribution in [3.05, 3.63) is 20.8 Å². The average molecular weight is 266 g/mol. The standard InChI is InChI=1S/C13H22N4O2/c1-16-12(18)11(15-17(2)13(16)19)14-10-8-6-4-3-5-7-9-10/h10H,3-9H2,1-2H3,(H,14,15). The molecular weight excluding hydrogens is 244 g/mol. The molecule has 1 fully saturated rings. The summed E-state index contributed by atoms with van der Waals surface area (Å²) < 4.78 is 2.30. The molecule has 0 aromatic carbocycles. The van der Waals surface area contributed by atoms with Crippen LogP contribution in [0, 0.1) is 0 Å². The summed E-state index contributed by atoms with van der Waals surface area (Å²) in [6.07, 6.45) is 8.33. The van der Waals surface area contributed by atoms with E-state index in [-0.39, 0.29) is 17.4 Å². The molecule has 1 heterocycles. The molecule has 6 nitrogen and oxygen atoms in total. The Morgan fingerprint density at radius 2 is 1.63 bits per heavy atom. The van der Waals surface area contributed by atoms with Crippen LogP contribution < -0.4 is 16.6 Å². The third-order valence-electron chi connectivity index (χ3n) is 3.77. The van der Waals surface area contributed by atoms with Crippen LogP contribution in [0.2, 0.25) is 0 Å². The van der Waals surface area contributed by atoms with Crippen molar-refractivity contribution >= 4 is 5.82 Å². The van der Waals surface area contributed by atoms with E-state index in [4.69, 9.17) is 0 Å². The summed E-state index contributed by atoms with van der Waals surface area (Å²) in [5, 5.41) is 7.26. The highest BCUT2D eigenvalue weighted by atomic mass is 16.2. The Hall–Kier alpha value is -1.59. The molecule has 19 heavy (non-hydrogen) atoms. The molecule has 1 saturated carbocycles. The molecule has 106 valence electrons. The van der Waals surface area contributed by atoms with Gasteiger partial charge in [0, 0.05) is 20.1 Å². The van der Waals surface area contributed by atoms with Gasteiger partial charge in [0.05, 0.1) is 0 Å². The van der Waals surface area contributed by atoms with Gasteiger partial charge in [-0.3, -0.25) is 9.36 Å². The second-order valence-electron chi connectivity index (χ2n) is 5.31. The molecule has 0 unspecified atom stereocenters. The topological polar surface area (TPSA) is 68.9 Å². The second kappa shape index (κ2) is 6.04. The van der Waals surface area contributed by atoms with Crippen molar-refractivity contribution in [2.75, 3.05) is 5.32 Å². The molecule has 1 aromatic heterocycles. The Balaban J connectivity index is 2.18. The van der Waals surface area contributed by atoms with Crippen molar-refractivity contribution in [3.8, 4) is 0 Å². The summed E-state index contributed by atoms with van der Waals surface area (Å²) in [6, 6.07) is 0.290. The largest absolute Gasteiger partial charge is 0.361 e. The third kappa shape index (κ3) is 3.24. The minimum atomic E-state index is -0.395. The van der Waals surface area contributed by atoms with Gasteiger partial charge >= 0.3 is 5.69 Å². The first-order valence-corrected chi connectivity index (χ1v) is 7.00. The van der Waals surface area contributed by atoms with Gasteiger partial charge in [-0.25, -0.2) is 9.48 Å². The molecule has 0 bridgehead atoms.